The largest absolute Gasteiger partial charge is 0.354 e. The highest BCUT2D eigenvalue weighted by Crippen LogP contribution is 2.31. The van der Waals surface area contributed by atoms with Crippen LogP contribution in [0.25, 0.3) is 0 Å². The van der Waals surface area contributed by atoms with Gasteiger partial charge in [-0.3, -0.25) is 4.99 Å². The van der Waals surface area contributed by atoms with Gasteiger partial charge in [0.1, 0.15) is 0 Å². The van der Waals surface area contributed by atoms with Crippen molar-refractivity contribution in [1.29, 1.82) is 0 Å². The van der Waals surface area contributed by atoms with Crippen LogP contribution in [-0.4, -0.2) is 30.5 Å². The maximum absolute atomic E-state index is 4.55. The monoisotopic (exact) mass is 229 g/mol. The van der Waals surface area contributed by atoms with Crippen molar-refractivity contribution < 1.29 is 0 Å². The number of fused-ring (bicyclic) bond motifs is 1. The van der Waals surface area contributed by atoms with Crippen molar-refractivity contribution in [3.8, 4) is 0 Å². The number of benzene rings is 1. The molecule has 1 aromatic carbocycles. The molecule has 1 unspecified atom stereocenters. The minimum absolute atomic E-state index is 0.511. The zero-order valence-electron chi connectivity index (χ0n) is 10.5. The molecule has 0 saturated carbocycles. The van der Waals surface area contributed by atoms with Gasteiger partial charge in [0, 0.05) is 19.6 Å². The van der Waals surface area contributed by atoms with E-state index in [2.05, 4.69) is 47.3 Å². The maximum Gasteiger partial charge on any atom is 0.194 e. The van der Waals surface area contributed by atoms with Gasteiger partial charge in [-0.2, -0.15) is 0 Å². The molecule has 1 saturated heterocycles. The highest BCUT2D eigenvalue weighted by molar-refractivity contribution is 5.83. The fraction of sp³-hybridized carbons (Fsp3) is 0.500. The summed E-state index contributed by atoms with van der Waals surface area (Å²) >= 11 is 0. The van der Waals surface area contributed by atoms with Crippen molar-refractivity contribution in [3.05, 3.63) is 34.9 Å². The van der Waals surface area contributed by atoms with E-state index in [-0.39, 0.29) is 0 Å². The van der Waals surface area contributed by atoms with Gasteiger partial charge in [0.2, 0.25) is 0 Å². The Labute approximate surface area is 103 Å². The van der Waals surface area contributed by atoms with Crippen LogP contribution in [-0.2, 0) is 0 Å². The van der Waals surface area contributed by atoms with E-state index in [0.29, 0.717) is 6.04 Å². The molecule has 0 amide bonds. The summed E-state index contributed by atoms with van der Waals surface area (Å²) in [5.74, 6) is 1.10. The van der Waals surface area contributed by atoms with E-state index in [4.69, 9.17) is 0 Å². The Morgan fingerprint density at radius 3 is 3.12 bits per heavy atom. The molecule has 1 N–H and O–H groups in total. The van der Waals surface area contributed by atoms with Gasteiger partial charge in [0.25, 0.3) is 0 Å². The van der Waals surface area contributed by atoms with Crippen LogP contribution in [0.4, 0.5) is 0 Å². The Balaban J connectivity index is 1.98. The zero-order chi connectivity index (χ0) is 11.8. The predicted molar refractivity (Wildman–Crippen MR) is 70.3 cm³/mol. The third-order valence-corrected chi connectivity index (χ3v) is 3.74. The van der Waals surface area contributed by atoms with Crippen molar-refractivity contribution in [2.24, 2.45) is 4.99 Å². The molecule has 0 radical (unpaired) electrons. The van der Waals surface area contributed by atoms with Gasteiger partial charge in [0.05, 0.1) is 6.04 Å². The molecule has 0 aliphatic carbocycles. The van der Waals surface area contributed by atoms with Gasteiger partial charge in [-0.15, -0.1) is 0 Å². The SMILES string of the molecule is Cc1ccc(C)c(C2CCN=C3NCCN32)c1. The topological polar surface area (TPSA) is 27.6 Å². The minimum Gasteiger partial charge on any atom is -0.354 e. The number of guanidine groups is 1. The van der Waals surface area contributed by atoms with Crippen molar-refractivity contribution in [2.75, 3.05) is 19.6 Å². The summed E-state index contributed by atoms with van der Waals surface area (Å²) in [6.07, 6.45) is 1.13. The van der Waals surface area contributed by atoms with E-state index in [1.807, 2.05) is 0 Å². The van der Waals surface area contributed by atoms with Crippen LogP contribution in [0.15, 0.2) is 23.2 Å². The molecule has 2 aliphatic heterocycles. The second-order valence-corrected chi connectivity index (χ2v) is 4.99. The molecule has 3 nitrogen and oxygen atoms in total. The molecule has 90 valence electrons. The molecule has 17 heavy (non-hydrogen) atoms. The third kappa shape index (κ3) is 1.79. The van der Waals surface area contributed by atoms with Crippen molar-refractivity contribution in [2.45, 2.75) is 26.3 Å². The first-order valence-corrected chi connectivity index (χ1v) is 6.38. The highest BCUT2D eigenvalue weighted by atomic mass is 15.4. The summed E-state index contributed by atoms with van der Waals surface area (Å²) < 4.78 is 0. The van der Waals surface area contributed by atoms with Gasteiger partial charge in [-0.1, -0.05) is 23.8 Å². The van der Waals surface area contributed by atoms with Crippen molar-refractivity contribution >= 4 is 5.96 Å². The average molecular weight is 229 g/mol. The van der Waals surface area contributed by atoms with Gasteiger partial charge < -0.3 is 10.2 Å². The average Bonchev–Trinajstić information content (AvgIpc) is 2.80. The van der Waals surface area contributed by atoms with Crippen LogP contribution in [0.1, 0.15) is 29.2 Å². The summed E-state index contributed by atoms with van der Waals surface area (Å²) in [6, 6.07) is 7.28. The van der Waals surface area contributed by atoms with Crippen LogP contribution in [0.3, 0.4) is 0 Å². The number of aliphatic imine (C=N–C) groups is 1. The molecule has 0 bridgehead atoms. The molecule has 2 aliphatic rings. The standard InChI is InChI=1S/C14H19N3/c1-10-3-4-11(2)12(9-10)13-5-6-15-14-16-7-8-17(13)14/h3-4,9,13H,5-8H2,1-2H3,(H,15,16). The Bertz CT molecular complexity index is 465. The molecular weight excluding hydrogens is 210 g/mol. The summed E-state index contributed by atoms with van der Waals surface area (Å²) in [6.45, 7) is 7.43. The second-order valence-electron chi connectivity index (χ2n) is 4.99. The Morgan fingerprint density at radius 2 is 2.24 bits per heavy atom. The smallest absolute Gasteiger partial charge is 0.194 e. The minimum atomic E-state index is 0.511. The molecule has 3 rings (SSSR count). The van der Waals surface area contributed by atoms with Crippen LogP contribution < -0.4 is 5.32 Å². The molecule has 0 aromatic heterocycles. The summed E-state index contributed by atoms with van der Waals surface area (Å²) in [5, 5.41) is 3.37. The number of rotatable bonds is 1. The van der Waals surface area contributed by atoms with Gasteiger partial charge >= 0.3 is 0 Å². The van der Waals surface area contributed by atoms with Crippen LogP contribution >= 0.6 is 0 Å². The van der Waals surface area contributed by atoms with Crippen LogP contribution in [0.2, 0.25) is 0 Å². The van der Waals surface area contributed by atoms with Gasteiger partial charge in [-0.25, -0.2) is 0 Å². The molecule has 1 atom stereocenters. The fourth-order valence-corrected chi connectivity index (χ4v) is 2.84. The van der Waals surface area contributed by atoms with E-state index >= 15 is 0 Å². The number of nitrogens with zero attached hydrogens (tertiary/aromatic N) is 2. The lowest BCUT2D eigenvalue weighted by Gasteiger charge is -2.33. The first-order chi connectivity index (χ1) is 8.25. The lowest BCUT2D eigenvalue weighted by molar-refractivity contribution is 0.313. The Kier molecular flexibility index (Phi) is 2.54. The summed E-state index contributed by atoms with van der Waals surface area (Å²) in [5.41, 5.74) is 4.22. The number of hydrogen-bond donors (Lipinski definition) is 1. The van der Waals surface area contributed by atoms with E-state index in [9.17, 15) is 0 Å². The second kappa shape index (κ2) is 4.06. The highest BCUT2D eigenvalue weighted by Gasteiger charge is 2.30. The predicted octanol–water partition coefficient (Wildman–Crippen LogP) is 2.01. The summed E-state index contributed by atoms with van der Waals surface area (Å²) in [4.78, 5) is 6.97. The number of hydrogen-bond acceptors (Lipinski definition) is 3. The zero-order valence-corrected chi connectivity index (χ0v) is 10.5. The molecule has 1 aromatic rings. The quantitative estimate of drug-likeness (QED) is 0.797. The van der Waals surface area contributed by atoms with E-state index in [1.165, 1.54) is 16.7 Å². The summed E-state index contributed by atoms with van der Waals surface area (Å²) in [7, 11) is 0. The lowest BCUT2D eigenvalue weighted by Crippen LogP contribution is -2.37. The van der Waals surface area contributed by atoms with E-state index in [0.717, 1.165) is 32.0 Å². The van der Waals surface area contributed by atoms with Crippen LogP contribution in [0, 0.1) is 13.8 Å². The Morgan fingerprint density at radius 1 is 1.35 bits per heavy atom. The number of aryl methyl sites for hydroxylation is 2. The van der Waals surface area contributed by atoms with E-state index in [1.54, 1.807) is 0 Å². The van der Waals surface area contributed by atoms with Gasteiger partial charge in [-0.05, 0) is 31.4 Å². The van der Waals surface area contributed by atoms with Crippen LogP contribution in [0.5, 0.6) is 0 Å². The Hall–Kier alpha value is -1.51. The molecule has 0 spiro atoms. The molecule has 3 heteroatoms. The molecule has 2 heterocycles. The van der Waals surface area contributed by atoms with E-state index < -0.39 is 0 Å². The first-order valence-electron chi connectivity index (χ1n) is 6.38. The number of nitrogens with one attached hydrogen (secondary N) is 1. The van der Waals surface area contributed by atoms with Crippen molar-refractivity contribution in [3.63, 3.8) is 0 Å². The first kappa shape index (κ1) is 10.6. The van der Waals surface area contributed by atoms with Gasteiger partial charge in [0.15, 0.2) is 5.96 Å². The normalized spacial score (nSPS) is 23.1. The third-order valence-electron chi connectivity index (χ3n) is 3.74. The van der Waals surface area contributed by atoms with Crippen molar-refractivity contribution in [1.82, 2.24) is 10.2 Å². The molecule has 1 fully saturated rings. The molecular formula is C14H19N3. The maximum atomic E-state index is 4.55. The lowest BCUT2D eigenvalue weighted by atomic mass is 9.95. The fourth-order valence-electron chi connectivity index (χ4n) is 2.84.